The molecule has 2 aromatic rings. The van der Waals surface area contributed by atoms with Gasteiger partial charge in [0.15, 0.2) is 0 Å². The molecule has 1 aromatic heterocycles. The predicted octanol–water partition coefficient (Wildman–Crippen LogP) is 3.45. The normalized spacial score (nSPS) is 18.2. The summed E-state index contributed by atoms with van der Waals surface area (Å²) in [5.41, 5.74) is 3.10. The largest absolute Gasteiger partial charge is 0.463 e. The van der Waals surface area contributed by atoms with E-state index in [0.717, 1.165) is 46.6 Å². The van der Waals surface area contributed by atoms with E-state index in [-0.39, 0.29) is 23.5 Å². The van der Waals surface area contributed by atoms with Gasteiger partial charge in [0, 0.05) is 18.8 Å². The minimum absolute atomic E-state index is 0.0239. The van der Waals surface area contributed by atoms with Crippen molar-refractivity contribution in [2.24, 2.45) is 0 Å². The minimum Gasteiger partial charge on any atom is -0.463 e. The van der Waals surface area contributed by atoms with Crippen LogP contribution in [0.2, 0.25) is 0 Å². The van der Waals surface area contributed by atoms with E-state index in [1.165, 1.54) is 13.2 Å². The van der Waals surface area contributed by atoms with Crippen LogP contribution in [0, 0.1) is 6.92 Å². The standard InChI is InChI=1S/C22H22N2O6S/c1-14-11-15(3-5-17(14)23-7-9-29-10-8-23)12-19-20(25)24(22(27)31-19)13-16-4-6-18(30-16)21(26)28-2/h3-6,11-12H,7-10,13H2,1-2H3/b19-12+. The summed E-state index contributed by atoms with van der Waals surface area (Å²) in [6, 6.07) is 8.99. The Bertz CT molecular complexity index is 1050. The maximum Gasteiger partial charge on any atom is 0.373 e. The summed E-state index contributed by atoms with van der Waals surface area (Å²) < 4.78 is 15.4. The van der Waals surface area contributed by atoms with Crippen LogP contribution < -0.4 is 4.90 Å². The van der Waals surface area contributed by atoms with Crippen LogP contribution in [0.4, 0.5) is 10.5 Å². The van der Waals surface area contributed by atoms with Crippen molar-refractivity contribution in [2.45, 2.75) is 13.5 Å². The number of benzene rings is 1. The number of hydrogen-bond acceptors (Lipinski definition) is 8. The summed E-state index contributed by atoms with van der Waals surface area (Å²) in [7, 11) is 1.25. The predicted molar refractivity (Wildman–Crippen MR) is 116 cm³/mol. The van der Waals surface area contributed by atoms with Crippen LogP contribution in [0.3, 0.4) is 0 Å². The summed E-state index contributed by atoms with van der Waals surface area (Å²) in [5, 5.41) is -0.381. The molecule has 0 spiro atoms. The highest BCUT2D eigenvalue weighted by Crippen LogP contribution is 2.34. The molecule has 0 bridgehead atoms. The molecule has 4 rings (SSSR count). The fourth-order valence-electron chi connectivity index (χ4n) is 3.54. The van der Waals surface area contributed by atoms with Crippen LogP contribution in [0.5, 0.6) is 0 Å². The van der Waals surface area contributed by atoms with Crippen molar-refractivity contribution >= 4 is 40.6 Å². The van der Waals surface area contributed by atoms with Gasteiger partial charge in [-0.2, -0.15) is 0 Å². The Balaban J connectivity index is 1.48. The number of thioether (sulfide) groups is 1. The van der Waals surface area contributed by atoms with Crippen LogP contribution in [0.25, 0.3) is 6.08 Å². The lowest BCUT2D eigenvalue weighted by Gasteiger charge is -2.30. The van der Waals surface area contributed by atoms with Crippen molar-refractivity contribution in [1.82, 2.24) is 4.90 Å². The number of esters is 1. The Morgan fingerprint density at radius 2 is 1.97 bits per heavy atom. The number of carbonyl (C=O) groups excluding carboxylic acids is 3. The molecule has 0 N–H and O–H groups in total. The molecule has 31 heavy (non-hydrogen) atoms. The van der Waals surface area contributed by atoms with Gasteiger partial charge in [0.1, 0.15) is 5.76 Å². The molecule has 162 valence electrons. The van der Waals surface area contributed by atoms with E-state index in [9.17, 15) is 14.4 Å². The number of furan rings is 1. The zero-order valence-electron chi connectivity index (χ0n) is 17.3. The second-order valence-electron chi connectivity index (χ2n) is 7.17. The van der Waals surface area contributed by atoms with Gasteiger partial charge < -0.3 is 18.8 Å². The van der Waals surface area contributed by atoms with Crippen molar-refractivity contribution < 1.29 is 28.3 Å². The summed E-state index contributed by atoms with van der Waals surface area (Å²) in [6.07, 6.45) is 1.73. The maximum absolute atomic E-state index is 12.8. The lowest BCUT2D eigenvalue weighted by molar-refractivity contribution is -0.123. The number of carbonyl (C=O) groups is 3. The summed E-state index contributed by atoms with van der Waals surface area (Å²) in [6.45, 7) is 5.11. The Morgan fingerprint density at radius 1 is 1.19 bits per heavy atom. The fourth-order valence-corrected chi connectivity index (χ4v) is 4.38. The Morgan fingerprint density at radius 3 is 2.68 bits per heavy atom. The molecule has 2 amide bonds. The molecule has 0 aliphatic carbocycles. The molecule has 2 saturated heterocycles. The number of amides is 2. The molecule has 8 nitrogen and oxygen atoms in total. The average molecular weight is 442 g/mol. The van der Waals surface area contributed by atoms with E-state index in [0.29, 0.717) is 23.9 Å². The number of methoxy groups -OCH3 is 1. The van der Waals surface area contributed by atoms with Crippen LogP contribution in [-0.4, -0.2) is 55.4 Å². The van der Waals surface area contributed by atoms with Gasteiger partial charge in [-0.25, -0.2) is 4.79 Å². The third kappa shape index (κ3) is 4.52. The first-order valence-electron chi connectivity index (χ1n) is 9.82. The van der Waals surface area contributed by atoms with Crippen LogP contribution in [-0.2, 0) is 20.8 Å². The molecule has 0 radical (unpaired) electrons. The second-order valence-corrected chi connectivity index (χ2v) is 8.16. The van der Waals surface area contributed by atoms with Gasteiger partial charge >= 0.3 is 5.97 Å². The second kappa shape index (κ2) is 8.99. The molecule has 2 aliphatic rings. The molecule has 0 unspecified atom stereocenters. The maximum atomic E-state index is 12.8. The first kappa shape index (κ1) is 21.2. The summed E-state index contributed by atoms with van der Waals surface area (Å²) in [5.74, 6) is -0.650. The number of anilines is 1. The lowest BCUT2D eigenvalue weighted by Crippen LogP contribution is -2.36. The zero-order chi connectivity index (χ0) is 22.0. The first-order valence-corrected chi connectivity index (χ1v) is 10.6. The van der Waals surface area contributed by atoms with E-state index in [2.05, 4.69) is 9.64 Å². The summed E-state index contributed by atoms with van der Waals surface area (Å²) >= 11 is 0.890. The molecule has 2 fully saturated rings. The van der Waals surface area contributed by atoms with Crippen LogP contribution in [0.15, 0.2) is 39.7 Å². The average Bonchev–Trinajstić information content (AvgIpc) is 3.34. The fraction of sp³-hybridized carbons (Fsp3) is 0.318. The number of rotatable bonds is 5. The highest BCUT2D eigenvalue weighted by Gasteiger charge is 2.35. The molecule has 3 heterocycles. The summed E-state index contributed by atoms with van der Waals surface area (Å²) in [4.78, 5) is 40.4. The SMILES string of the molecule is COC(=O)c1ccc(CN2C(=O)S/C(=C/c3ccc(N4CCOCC4)c(C)c3)C2=O)o1. The van der Waals surface area contributed by atoms with Gasteiger partial charge in [0.25, 0.3) is 11.1 Å². The van der Waals surface area contributed by atoms with E-state index < -0.39 is 5.97 Å². The van der Waals surface area contributed by atoms with Crippen molar-refractivity contribution in [3.8, 4) is 0 Å². The van der Waals surface area contributed by atoms with Gasteiger partial charge in [0.05, 0.1) is 31.8 Å². The quantitative estimate of drug-likeness (QED) is 0.514. The monoisotopic (exact) mass is 442 g/mol. The van der Waals surface area contributed by atoms with E-state index in [1.807, 2.05) is 25.1 Å². The smallest absolute Gasteiger partial charge is 0.373 e. The highest BCUT2D eigenvalue weighted by atomic mass is 32.2. The number of hydrogen-bond donors (Lipinski definition) is 0. The van der Waals surface area contributed by atoms with Crippen LogP contribution in [0.1, 0.15) is 27.4 Å². The molecule has 1 aromatic carbocycles. The molecule has 0 atom stereocenters. The van der Waals surface area contributed by atoms with Gasteiger partial charge in [-0.05, 0) is 60.2 Å². The van der Waals surface area contributed by atoms with Gasteiger partial charge in [-0.3, -0.25) is 14.5 Å². The Hall–Kier alpha value is -3.04. The van der Waals surface area contributed by atoms with Gasteiger partial charge in [-0.15, -0.1) is 0 Å². The third-order valence-electron chi connectivity index (χ3n) is 5.11. The van der Waals surface area contributed by atoms with Gasteiger partial charge in [0.2, 0.25) is 5.76 Å². The minimum atomic E-state index is -0.615. The third-order valence-corrected chi connectivity index (χ3v) is 6.01. The molecular weight excluding hydrogens is 420 g/mol. The lowest BCUT2D eigenvalue weighted by atomic mass is 10.1. The van der Waals surface area contributed by atoms with Crippen molar-refractivity contribution in [3.63, 3.8) is 0 Å². The highest BCUT2D eigenvalue weighted by molar-refractivity contribution is 8.18. The number of morpholine rings is 1. The van der Waals surface area contributed by atoms with Gasteiger partial charge in [-0.1, -0.05) is 6.07 Å². The Labute approximate surface area is 183 Å². The van der Waals surface area contributed by atoms with Crippen LogP contribution >= 0.6 is 11.8 Å². The van der Waals surface area contributed by atoms with E-state index in [1.54, 1.807) is 12.1 Å². The number of nitrogens with zero attached hydrogens (tertiary/aromatic N) is 2. The molecule has 9 heteroatoms. The molecule has 0 saturated carbocycles. The number of imide groups is 1. The van der Waals surface area contributed by atoms with E-state index in [4.69, 9.17) is 9.15 Å². The van der Waals surface area contributed by atoms with E-state index >= 15 is 0 Å². The van der Waals surface area contributed by atoms with Crippen molar-refractivity contribution in [3.05, 3.63) is 57.9 Å². The van der Waals surface area contributed by atoms with Crippen molar-refractivity contribution in [2.75, 3.05) is 38.3 Å². The number of aryl methyl sites for hydroxylation is 1. The Kier molecular flexibility index (Phi) is 6.15. The molecule has 2 aliphatic heterocycles. The number of ether oxygens (including phenoxy) is 2. The topological polar surface area (TPSA) is 89.3 Å². The molecular formula is C22H22N2O6S. The first-order chi connectivity index (χ1) is 15.0. The van der Waals surface area contributed by atoms with Crippen molar-refractivity contribution in [1.29, 1.82) is 0 Å². The zero-order valence-corrected chi connectivity index (χ0v) is 18.1.